The number of aryl methyl sites for hydroxylation is 2. The average Bonchev–Trinajstić information content (AvgIpc) is 2.68. The number of likely N-dealkylation sites (N-methyl/N-ethyl adjacent to an activating group) is 1. The minimum Gasteiger partial charge on any atom is -0.310 e. The second-order valence-electron chi connectivity index (χ2n) is 4.39. The van der Waals surface area contributed by atoms with E-state index in [0.29, 0.717) is 0 Å². The quantitative estimate of drug-likeness (QED) is 0.865. The van der Waals surface area contributed by atoms with Crippen LogP contribution in [0.25, 0.3) is 0 Å². The van der Waals surface area contributed by atoms with E-state index in [9.17, 15) is 0 Å². The maximum Gasteiger partial charge on any atom is 0.0596 e. The summed E-state index contributed by atoms with van der Waals surface area (Å²) in [6, 6.07) is 4.38. The molecule has 2 aromatic rings. The van der Waals surface area contributed by atoms with Gasteiger partial charge in [-0.3, -0.25) is 4.68 Å². The summed E-state index contributed by atoms with van der Waals surface area (Å²) in [6.45, 7) is 5.04. The van der Waals surface area contributed by atoms with Crippen LogP contribution in [-0.4, -0.2) is 26.5 Å². The third kappa shape index (κ3) is 2.92. The maximum absolute atomic E-state index is 4.38. The smallest absolute Gasteiger partial charge is 0.0596 e. The van der Waals surface area contributed by atoms with E-state index < -0.39 is 0 Å². The van der Waals surface area contributed by atoms with Crippen LogP contribution in [0.5, 0.6) is 0 Å². The first-order valence-electron chi connectivity index (χ1n) is 6.20. The molecule has 96 valence electrons. The second-order valence-corrected chi connectivity index (χ2v) is 4.39. The summed E-state index contributed by atoms with van der Waals surface area (Å²) in [7, 11) is 1.98. The van der Waals surface area contributed by atoms with Crippen LogP contribution in [0.4, 0.5) is 0 Å². The molecule has 0 radical (unpaired) electrons. The van der Waals surface area contributed by atoms with Crippen LogP contribution in [0, 0.1) is 6.92 Å². The van der Waals surface area contributed by atoms with Crippen molar-refractivity contribution < 1.29 is 0 Å². The summed E-state index contributed by atoms with van der Waals surface area (Å²) in [5, 5.41) is 15.6. The minimum absolute atomic E-state index is 0.250. The van der Waals surface area contributed by atoms with Gasteiger partial charge in [-0.1, -0.05) is 6.92 Å². The molecule has 2 aromatic heterocycles. The highest BCUT2D eigenvalue weighted by Crippen LogP contribution is 2.17. The third-order valence-electron chi connectivity index (χ3n) is 2.97. The molecular formula is C13H19N5. The number of nitrogens with one attached hydrogen (secondary N) is 1. The van der Waals surface area contributed by atoms with Crippen LogP contribution < -0.4 is 5.32 Å². The van der Waals surface area contributed by atoms with Crippen LogP contribution in [0.3, 0.4) is 0 Å². The summed E-state index contributed by atoms with van der Waals surface area (Å²) in [6.07, 6.45) is 4.45. The van der Waals surface area contributed by atoms with Gasteiger partial charge >= 0.3 is 0 Å². The lowest BCUT2D eigenvalue weighted by Crippen LogP contribution is -2.24. The molecule has 0 aliphatic carbocycles. The summed E-state index contributed by atoms with van der Waals surface area (Å²) in [5.41, 5.74) is 3.43. The van der Waals surface area contributed by atoms with Crippen molar-refractivity contribution in [3.05, 3.63) is 41.5 Å². The van der Waals surface area contributed by atoms with E-state index in [4.69, 9.17) is 0 Å². The number of aromatic nitrogens is 4. The first-order chi connectivity index (χ1) is 8.70. The molecule has 1 atom stereocenters. The molecule has 2 rings (SSSR count). The first-order valence-corrected chi connectivity index (χ1v) is 6.20. The summed E-state index contributed by atoms with van der Waals surface area (Å²) in [5.74, 6) is 0. The Hall–Kier alpha value is -1.75. The van der Waals surface area contributed by atoms with Gasteiger partial charge in [-0.25, -0.2) is 0 Å². The topological polar surface area (TPSA) is 55.6 Å². The highest BCUT2D eigenvalue weighted by molar-refractivity contribution is 5.17. The van der Waals surface area contributed by atoms with Crippen molar-refractivity contribution in [3.8, 4) is 0 Å². The Morgan fingerprint density at radius 3 is 2.78 bits per heavy atom. The highest BCUT2D eigenvalue weighted by atomic mass is 15.3. The van der Waals surface area contributed by atoms with E-state index in [1.807, 2.05) is 30.9 Å². The molecular weight excluding hydrogens is 226 g/mol. The Balaban J connectivity index is 2.19. The Morgan fingerprint density at radius 1 is 1.39 bits per heavy atom. The van der Waals surface area contributed by atoms with Crippen molar-refractivity contribution in [2.24, 2.45) is 7.05 Å². The molecule has 2 heterocycles. The molecule has 0 aliphatic heterocycles. The number of nitrogens with zero attached hydrogens (tertiary/aromatic N) is 4. The van der Waals surface area contributed by atoms with Crippen LogP contribution >= 0.6 is 0 Å². The largest absolute Gasteiger partial charge is 0.310 e. The van der Waals surface area contributed by atoms with Crippen LogP contribution in [0.15, 0.2) is 24.5 Å². The van der Waals surface area contributed by atoms with Crippen LogP contribution in [0.1, 0.15) is 29.9 Å². The van der Waals surface area contributed by atoms with Gasteiger partial charge in [-0.2, -0.15) is 15.3 Å². The predicted molar refractivity (Wildman–Crippen MR) is 70.1 cm³/mol. The zero-order valence-corrected chi connectivity index (χ0v) is 11.1. The van der Waals surface area contributed by atoms with Gasteiger partial charge in [0.1, 0.15) is 0 Å². The van der Waals surface area contributed by atoms with Crippen molar-refractivity contribution >= 4 is 0 Å². The molecule has 0 spiro atoms. The fourth-order valence-electron chi connectivity index (χ4n) is 2.13. The van der Waals surface area contributed by atoms with Gasteiger partial charge < -0.3 is 5.32 Å². The van der Waals surface area contributed by atoms with Gasteiger partial charge in [-0.15, -0.1) is 0 Å². The fraction of sp³-hybridized carbons (Fsp3) is 0.462. The van der Waals surface area contributed by atoms with E-state index >= 15 is 0 Å². The molecule has 1 N–H and O–H groups in total. The second kappa shape index (κ2) is 5.73. The van der Waals surface area contributed by atoms with Gasteiger partial charge in [-0.05, 0) is 31.2 Å². The lowest BCUT2D eigenvalue weighted by atomic mass is 10.0. The Kier molecular flexibility index (Phi) is 4.04. The number of hydrogen-bond donors (Lipinski definition) is 1. The Morgan fingerprint density at radius 2 is 2.22 bits per heavy atom. The van der Waals surface area contributed by atoms with E-state index in [1.54, 1.807) is 6.20 Å². The van der Waals surface area contributed by atoms with Crippen LogP contribution in [-0.2, 0) is 13.5 Å². The van der Waals surface area contributed by atoms with Crippen molar-refractivity contribution in [2.45, 2.75) is 26.3 Å². The zero-order valence-electron chi connectivity index (χ0n) is 11.1. The maximum atomic E-state index is 4.38. The highest BCUT2D eigenvalue weighted by Gasteiger charge is 2.14. The monoisotopic (exact) mass is 245 g/mol. The molecule has 5 nitrogen and oxygen atoms in total. The SMILES string of the molecule is CCNC(Cc1cc(C)nn1C)c1ccnnc1. The average molecular weight is 245 g/mol. The van der Waals surface area contributed by atoms with E-state index in [1.165, 1.54) is 5.69 Å². The van der Waals surface area contributed by atoms with Gasteiger partial charge in [0, 0.05) is 31.4 Å². The van der Waals surface area contributed by atoms with Gasteiger partial charge in [0.05, 0.1) is 11.9 Å². The molecule has 0 fully saturated rings. The predicted octanol–water partition coefficient (Wildman–Crippen LogP) is 1.41. The van der Waals surface area contributed by atoms with Gasteiger partial charge in [0.15, 0.2) is 0 Å². The molecule has 0 saturated heterocycles. The molecule has 18 heavy (non-hydrogen) atoms. The lowest BCUT2D eigenvalue weighted by molar-refractivity contribution is 0.526. The Labute approximate surface area is 107 Å². The van der Waals surface area contributed by atoms with Crippen molar-refractivity contribution in [1.82, 2.24) is 25.3 Å². The summed E-state index contributed by atoms with van der Waals surface area (Å²) >= 11 is 0. The van der Waals surface area contributed by atoms with Crippen molar-refractivity contribution in [2.75, 3.05) is 6.54 Å². The molecule has 0 amide bonds. The van der Waals surface area contributed by atoms with E-state index in [2.05, 4.69) is 33.6 Å². The summed E-state index contributed by atoms with van der Waals surface area (Å²) in [4.78, 5) is 0. The summed E-state index contributed by atoms with van der Waals surface area (Å²) < 4.78 is 1.94. The van der Waals surface area contributed by atoms with Crippen molar-refractivity contribution in [1.29, 1.82) is 0 Å². The first kappa shape index (κ1) is 12.7. The molecule has 0 saturated carbocycles. The Bertz CT molecular complexity index is 491. The van der Waals surface area contributed by atoms with E-state index in [0.717, 1.165) is 24.2 Å². The molecule has 1 unspecified atom stereocenters. The fourth-order valence-corrected chi connectivity index (χ4v) is 2.13. The van der Waals surface area contributed by atoms with Gasteiger partial charge in [0.25, 0.3) is 0 Å². The molecule has 0 aliphatic rings. The van der Waals surface area contributed by atoms with Crippen LogP contribution in [0.2, 0.25) is 0 Å². The number of rotatable bonds is 5. The van der Waals surface area contributed by atoms with Crippen molar-refractivity contribution in [3.63, 3.8) is 0 Å². The standard InChI is InChI=1S/C13H19N5/c1-4-14-13(11-5-6-15-16-9-11)8-12-7-10(2)17-18(12)3/h5-7,9,13-14H,4,8H2,1-3H3. The zero-order chi connectivity index (χ0) is 13.0. The lowest BCUT2D eigenvalue weighted by Gasteiger charge is -2.17. The normalized spacial score (nSPS) is 12.6. The molecule has 0 aromatic carbocycles. The van der Waals surface area contributed by atoms with E-state index in [-0.39, 0.29) is 6.04 Å². The molecule has 0 bridgehead atoms. The minimum atomic E-state index is 0.250. The third-order valence-corrected chi connectivity index (χ3v) is 2.97. The number of hydrogen-bond acceptors (Lipinski definition) is 4. The molecule has 5 heteroatoms. The van der Waals surface area contributed by atoms with Gasteiger partial charge in [0.2, 0.25) is 0 Å².